The molecule has 2 aromatic carbocycles. The number of fused-ring (bicyclic) bond motifs is 1. The van der Waals surface area contributed by atoms with Gasteiger partial charge in [-0.15, -0.1) is 0 Å². The minimum absolute atomic E-state index is 0.112. The summed E-state index contributed by atoms with van der Waals surface area (Å²) >= 11 is 0. The molecule has 0 spiro atoms. The normalized spacial score (nSPS) is 11.0. The minimum atomic E-state index is -0.507. The van der Waals surface area contributed by atoms with Crippen LogP contribution in [0, 0.1) is 15.9 Å². The summed E-state index contributed by atoms with van der Waals surface area (Å²) < 4.78 is 13.3. The number of nitro benzene ring substituents is 1. The third-order valence-corrected chi connectivity index (χ3v) is 3.28. The summed E-state index contributed by atoms with van der Waals surface area (Å²) in [6.07, 6.45) is 0. The second-order valence-corrected chi connectivity index (χ2v) is 4.69. The zero-order valence-corrected chi connectivity index (χ0v) is 10.8. The molecule has 0 saturated carbocycles. The number of aliphatic hydroxyl groups is 1. The Balaban J connectivity index is 2.24. The van der Waals surface area contributed by atoms with Crippen LogP contribution in [0.2, 0.25) is 0 Å². The predicted octanol–water partition coefficient (Wildman–Crippen LogP) is 3.37. The van der Waals surface area contributed by atoms with Gasteiger partial charge in [0.25, 0.3) is 5.69 Å². The Labute approximate surface area is 118 Å². The molecule has 1 aromatic heterocycles. The molecule has 106 valence electrons. The number of aromatic amines is 1. The van der Waals surface area contributed by atoms with Gasteiger partial charge in [0, 0.05) is 22.7 Å². The van der Waals surface area contributed by atoms with Gasteiger partial charge < -0.3 is 10.1 Å². The SMILES string of the molecule is O=[N+]([O-])c1cc(CO)cc2cc(-c3cccc(F)c3)[nH]c12. The molecule has 0 fully saturated rings. The number of hydrogen-bond donors (Lipinski definition) is 2. The van der Waals surface area contributed by atoms with Crippen LogP contribution in [-0.2, 0) is 6.61 Å². The van der Waals surface area contributed by atoms with E-state index in [2.05, 4.69) is 4.98 Å². The van der Waals surface area contributed by atoms with Crippen LogP contribution in [0.4, 0.5) is 10.1 Å². The number of non-ortho nitro benzene ring substituents is 1. The Morgan fingerprint density at radius 1 is 1.24 bits per heavy atom. The standard InChI is InChI=1S/C15H11FN2O3/c16-12-3-1-2-10(6-12)13-7-11-4-9(8-19)5-14(18(20)21)15(11)17-13/h1-7,17,19H,8H2. The number of H-pyrrole nitrogens is 1. The maximum absolute atomic E-state index is 13.3. The third-order valence-electron chi connectivity index (χ3n) is 3.28. The van der Waals surface area contributed by atoms with Crippen LogP contribution in [0.1, 0.15) is 5.56 Å². The molecule has 6 heteroatoms. The minimum Gasteiger partial charge on any atom is -0.392 e. The Morgan fingerprint density at radius 3 is 2.71 bits per heavy atom. The molecule has 0 atom stereocenters. The number of nitrogens with zero attached hydrogens (tertiary/aromatic N) is 1. The molecule has 21 heavy (non-hydrogen) atoms. The van der Waals surface area contributed by atoms with Crippen LogP contribution in [-0.4, -0.2) is 15.0 Å². The van der Waals surface area contributed by atoms with Crippen molar-refractivity contribution in [2.24, 2.45) is 0 Å². The Kier molecular flexibility index (Phi) is 3.15. The summed E-state index contributed by atoms with van der Waals surface area (Å²) in [4.78, 5) is 13.6. The largest absolute Gasteiger partial charge is 0.392 e. The summed E-state index contributed by atoms with van der Waals surface area (Å²) in [5.41, 5.74) is 1.89. The highest BCUT2D eigenvalue weighted by molar-refractivity contribution is 5.92. The van der Waals surface area contributed by atoms with Gasteiger partial charge >= 0.3 is 0 Å². The maximum Gasteiger partial charge on any atom is 0.293 e. The molecule has 1 heterocycles. The number of nitro groups is 1. The predicted molar refractivity (Wildman–Crippen MR) is 76.3 cm³/mol. The molecule has 0 unspecified atom stereocenters. The highest BCUT2D eigenvalue weighted by Gasteiger charge is 2.17. The van der Waals surface area contributed by atoms with Crippen molar-refractivity contribution in [1.82, 2.24) is 4.98 Å². The summed E-state index contributed by atoms with van der Waals surface area (Å²) in [6.45, 7) is -0.280. The summed E-state index contributed by atoms with van der Waals surface area (Å²) in [5, 5.41) is 20.9. The van der Waals surface area contributed by atoms with E-state index in [1.165, 1.54) is 18.2 Å². The first-order valence-electron chi connectivity index (χ1n) is 6.25. The van der Waals surface area contributed by atoms with Gasteiger partial charge in [0.15, 0.2) is 0 Å². The van der Waals surface area contributed by atoms with E-state index in [1.54, 1.807) is 24.3 Å². The van der Waals surface area contributed by atoms with E-state index in [0.29, 0.717) is 27.7 Å². The number of aliphatic hydroxyl groups excluding tert-OH is 1. The fourth-order valence-electron chi connectivity index (χ4n) is 2.33. The second-order valence-electron chi connectivity index (χ2n) is 4.69. The highest BCUT2D eigenvalue weighted by atomic mass is 19.1. The first kappa shape index (κ1) is 13.3. The molecule has 0 amide bonds. The van der Waals surface area contributed by atoms with E-state index in [4.69, 9.17) is 0 Å². The smallest absolute Gasteiger partial charge is 0.293 e. The van der Waals surface area contributed by atoms with Gasteiger partial charge in [-0.25, -0.2) is 4.39 Å². The van der Waals surface area contributed by atoms with E-state index >= 15 is 0 Å². The summed E-state index contributed by atoms with van der Waals surface area (Å²) in [6, 6.07) is 10.7. The quantitative estimate of drug-likeness (QED) is 0.572. The van der Waals surface area contributed by atoms with Gasteiger partial charge in [0.2, 0.25) is 0 Å². The lowest BCUT2D eigenvalue weighted by molar-refractivity contribution is -0.383. The lowest BCUT2D eigenvalue weighted by Gasteiger charge is -1.98. The van der Waals surface area contributed by atoms with Crippen molar-refractivity contribution < 1.29 is 14.4 Å². The van der Waals surface area contributed by atoms with Crippen LogP contribution in [0.15, 0.2) is 42.5 Å². The van der Waals surface area contributed by atoms with Crippen molar-refractivity contribution >= 4 is 16.6 Å². The molecule has 0 bridgehead atoms. The molecule has 2 N–H and O–H groups in total. The molecule has 0 radical (unpaired) electrons. The summed E-state index contributed by atoms with van der Waals surface area (Å²) in [7, 11) is 0. The van der Waals surface area contributed by atoms with Crippen molar-refractivity contribution in [3.63, 3.8) is 0 Å². The van der Waals surface area contributed by atoms with Crippen molar-refractivity contribution in [1.29, 1.82) is 0 Å². The fourth-order valence-corrected chi connectivity index (χ4v) is 2.33. The average Bonchev–Trinajstić information content (AvgIpc) is 2.89. The number of aromatic nitrogens is 1. The van der Waals surface area contributed by atoms with E-state index in [1.807, 2.05) is 0 Å². The molecule has 0 aliphatic heterocycles. The lowest BCUT2D eigenvalue weighted by Crippen LogP contribution is -1.92. The number of benzene rings is 2. The molecule has 0 aliphatic rings. The Morgan fingerprint density at radius 2 is 2.05 bits per heavy atom. The van der Waals surface area contributed by atoms with E-state index in [-0.39, 0.29) is 18.1 Å². The topological polar surface area (TPSA) is 79.2 Å². The zero-order valence-electron chi connectivity index (χ0n) is 10.8. The molecule has 0 saturated heterocycles. The number of nitrogens with one attached hydrogen (secondary N) is 1. The maximum atomic E-state index is 13.3. The summed E-state index contributed by atoms with van der Waals surface area (Å²) in [5.74, 6) is -0.378. The molecular weight excluding hydrogens is 275 g/mol. The number of halogens is 1. The second kappa shape index (κ2) is 4.99. The van der Waals surface area contributed by atoms with Gasteiger partial charge in [-0.1, -0.05) is 12.1 Å². The lowest BCUT2D eigenvalue weighted by atomic mass is 10.1. The van der Waals surface area contributed by atoms with Gasteiger partial charge in [-0.3, -0.25) is 10.1 Å². The number of rotatable bonds is 3. The monoisotopic (exact) mass is 286 g/mol. The van der Waals surface area contributed by atoms with Gasteiger partial charge in [0.05, 0.1) is 11.5 Å². The molecule has 5 nitrogen and oxygen atoms in total. The number of hydrogen-bond acceptors (Lipinski definition) is 3. The Hall–Kier alpha value is -2.73. The first-order chi connectivity index (χ1) is 10.1. The van der Waals surface area contributed by atoms with Crippen molar-refractivity contribution in [3.05, 3.63) is 64.0 Å². The van der Waals surface area contributed by atoms with E-state index in [9.17, 15) is 19.6 Å². The van der Waals surface area contributed by atoms with Crippen LogP contribution >= 0.6 is 0 Å². The van der Waals surface area contributed by atoms with Crippen molar-refractivity contribution in [2.75, 3.05) is 0 Å². The highest BCUT2D eigenvalue weighted by Crippen LogP contribution is 2.31. The van der Waals surface area contributed by atoms with Crippen molar-refractivity contribution in [3.8, 4) is 11.3 Å². The van der Waals surface area contributed by atoms with Crippen molar-refractivity contribution in [2.45, 2.75) is 6.61 Å². The first-order valence-corrected chi connectivity index (χ1v) is 6.25. The van der Waals surface area contributed by atoms with Crippen LogP contribution in [0.3, 0.4) is 0 Å². The van der Waals surface area contributed by atoms with Crippen LogP contribution in [0.25, 0.3) is 22.2 Å². The van der Waals surface area contributed by atoms with Gasteiger partial charge in [-0.05, 0) is 29.8 Å². The van der Waals surface area contributed by atoms with Crippen LogP contribution in [0.5, 0.6) is 0 Å². The van der Waals surface area contributed by atoms with Gasteiger partial charge in [-0.2, -0.15) is 0 Å². The zero-order chi connectivity index (χ0) is 15.0. The van der Waals surface area contributed by atoms with E-state index < -0.39 is 4.92 Å². The molecule has 3 aromatic rings. The average molecular weight is 286 g/mol. The third kappa shape index (κ3) is 2.36. The van der Waals surface area contributed by atoms with Crippen LogP contribution < -0.4 is 0 Å². The molecule has 0 aliphatic carbocycles. The molecular formula is C15H11FN2O3. The van der Waals surface area contributed by atoms with Gasteiger partial charge in [0.1, 0.15) is 11.3 Å². The fraction of sp³-hybridized carbons (Fsp3) is 0.0667. The Bertz CT molecular complexity index is 842. The molecule has 3 rings (SSSR count). The van der Waals surface area contributed by atoms with E-state index in [0.717, 1.165) is 0 Å².